The molecular formula is C25H26N4O2. The molecule has 2 atom stereocenters. The van der Waals surface area contributed by atoms with Gasteiger partial charge in [0.1, 0.15) is 6.04 Å². The van der Waals surface area contributed by atoms with Crippen molar-refractivity contribution >= 4 is 17.5 Å². The van der Waals surface area contributed by atoms with Gasteiger partial charge in [0.15, 0.2) is 0 Å². The monoisotopic (exact) mass is 414 g/mol. The van der Waals surface area contributed by atoms with Crippen LogP contribution < -0.4 is 16.0 Å². The normalized spacial score (nSPS) is 24.7. The molecule has 158 valence electrons. The molecule has 6 rings (SSSR count). The maximum Gasteiger partial charge on any atom is 0.238 e. The Balaban J connectivity index is 1.23. The Hall–Kier alpha value is -3.17. The number of carbonyl (C=O) groups is 2. The molecule has 0 aromatic heterocycles. The van der Waals surface area contributed by atoms with Crippen LogP contribution in [0.4, 0.5) is 5.69 Å². The van der Waals surface area contributed by atoms with Gasteiger partial charge in [-0.25, -0.2) is 0 Å². The fraction of sp³-hybridized carbons (Fsp3) is 0.400. The number of rotatable bonds is 5. The average molecular weight is 415 g/mol. The lowest BCUT2D eigenvalue weighted by Gasteiger charge is -2.42. The summed E-state index contributed by atoms with van der Waals surface area (Å²) in [4.78, 5) is 24.3. The molecular weight excluding hydrogens is 388 g/mol. The molecule has 3 N–H and O–H groups in total. The molecule has 2 bridgehead atoms. The lowest BCUT2D eigenvalue weighted by molar-refractivity contribution is -0.127. The van der Waals surface area contributed by atoms with Crippen LogP contribution in [-0.2, 0) is 22.4 Å². The molecule has 1 aliphatic carbocycles. The number of fused-ring (bicyclic) bond motifs is 4. The number of hydrogen-bond acceptors (Lipinski definition) is 4. The summed E-state index contributed by atoms with van der Waals surface area (Å²) >= 11 is 0. The minimum Gasteiger partial charge on any atom is -0.339 e. The van der Waals surface area contributed by atoms with Crippen molar-refractivity contribution in [2.75, 3.05) is 5.32 Å². The zero-order chi connectivity index (χ0) is 21.4. The van der Waals surface area contributed by atoms with Crippen LogP contribution in [0.15, 0.2) is 42.5 Å². The van der Waals surface area contributed by atoms with Gasteiger partial charge in [0.2, 0.25) is 11.8 Å². The number of nitriles is 1. The van der Waals surface area contributed by atoms with Crippen LogP contribution in [-0.4, -0.2) is 29.9 Å². The molecule has 6 nitrogen and oxygen atoms in total. The zero-order valence-electron chi connectivity index (χ0n) is 17.4. The number of piperidine rings is 2. The van der Waals surface area contributed by atoms with Gasteiger partial charge in [-0.1, -0.05) is 30.3 Å². The van der Waals surface area contributed by atoms with Gasteiger partial charge in [-0.3, -0.25) is 9.59 Å². The van der Waals surface area contributed by atoms with Gasteiger partial charge < -0.3 is 16.0 Å². The Morgan fingerprint density at radius 2 is 1.84 bits per heavy atom. The van der Waals surface area contributed by atoms with Gasteiger partial charge in [-0.15, -0.1) is 0 Å². The SMILES string of the molecule is N#C[C@H](Cc1ccc(-c2ccc3c(c2)CC(=O)N3)cc1)NC(=O)[C@H]1NC2CCC1CC2. The standard InChI is InChI=1S/C25H26N4O2/c26-14-21(28-25(31)24-17-5-8-20(27-24)9-6-17)11-15-1-3-16(4-2-15)18-7-10-22-19(12-18)13-23(30)29-22/h1-4,7,10,12,17,20-21,24,27H,5-6,8-9,11,13H2,(H,28,31)(H,29,30)/t17?,20?,21-,24-/m0/s1. The van der Waals surface area contributed by atoms with Crippen molar-refractivity contribution in [1.29, 1.82) is 5.26 Å². The lowest BCUT2D eigenvalue weighted by atomic mass is 9.76. The van der Waals surface area contributed by atoms with E-state index in [9.17, 15) is 14.9 Å². The van der Waals surface area contributed by atoms with Crippen molar-refractivity contribution in [2.45, 2.75) is 56.7 Å². The Bertz CT molecular complexity index is 1050. The molecule has 3 heterocycles. The van der Waals surface area contributed by atoms with Gasteiger partial charge >= 0.3 is 0 Å². The summed E-state index contributed by atoms with van der Waals surface area (Å²) in [5.41, 5.74) is 5.03. The first-order valence-electron chi connectivity index (χ1n) is 11.1. The molecule has 3 aliphatic heterocycles. The quantitative estimate of drug-likeness (QED) is 0.701. The Kier molecular flexibility index (Phi) is 5.21. The summed E-state index contributed by atoms with van der Waals surface area (Å²) in [6, 6.07) is 16.0. The fourth-order valence-corrected chi connectivity index (χ4v) is 5.17. The highest BCUT2D eigenvalue weighted by atomic mass is 16.2. The number of nitrogens with one attached hydrogen (secondary N) is 3. The topological polar surface area (TPSA) is 94.0 Å². The van der Waals surface area contributed by atoms with Crippen LogP contribution in [0.3, 0.4) is 0 Å². The van der Waals surface area contributed by atoms with Gasteiger partial charge in [-0.05, 0) is 66.0 Å². The molecule has 3 fully saturated rings. The summed E-state index contributed by atoms with van der Waals surface area (Å²) in [7, 11) is 0. The van der Waals surface area contributed by atoms with E-state index in [2.05, 4.69) is 22.0 Å². The Morgan fingerprint density at radius 1 is 1.10 bits per heavy atom. The van der Waals surface area contributed by atoms with E-state index in [0.29, 0.717) is 24.8 Å². The van der Waals surface area contributed by atoms with E-state index in [1.807, 2.05) is 42.5 Å². The highest BCUT2D eigenvalue weighted by Gasteiger charge is 2.39. The molecule has 31 heavy (non-hydrogen) atoms. The minimum absolute atomic E-state index is 0.0309. The molecule has 2 aromatic carbocycles. The van der Waals surface area contributed by atoms with Crippen molar-refractivity contribution in [3.63, 3.8) is 0 Å². The van der Waals surface area contributed by atoms with Crippen LogP contribution >= 0.6 is 0 Å². The maximum absolute atomic E-state index is 12.7. The number of amides is 2. The number of hydrogen-bond donors (Lipinski definition) is 3. The predicted molar refractivity (Wildman–Crippen MR) is 118 cm³/mol. The van der Waals surface area contributed by atoms with E-state index < -0.39 is 6.04 Å². The van der Waals surface area contributed by atoms with Crippen molar-refractivity contribution < 1.29 is 9.59 Å². The van der Waals surface area contributed by atoms with Crippen LogP contribution in [0.25, 0.3) is 11.1 Å². The summed E-state index contributed by atoms with van der Waals surface area (Å²) in [6.07, 6.45) is 5.40. The molecule has 2 saturated heterocycles. The van der Waals surface area contributed by atoms with Crippen LogP contribution in [0, 0.1) is 17.2 Å². The molecule has 6 heteroatoms. The molecule has 1 saturated carbocycles. The van der Waals surface area contributed by atoms with Crippen molar-refractivity contribution in [3.8, 4) is 17.2 Å². The number of carbonyl (C=O) groups excluding carboxylic acids is 2. The summed E-state index contributed by atoms with van der Waals surface area (Å²) in [6.45, 7) is 0. The number of nitrogens with zero attached hydrogens (tertiary/aromatic N) is 1. The highest BCUT2D eigenvalue weighted by Crippen LogP contribution is 2.33. The predicted octanol–water partition coefficient (Wildman–Crippen LogP) is 2.93. The third kappa shape index (κ3) is 4.06. The fourth-order valence-electron chi connectivity index (χ4n) is 5.17. The van der Waals surface area contributed by atoms with Crippen LogP contribution in [0.5, 0.6) is 0 Å². The third-order valence-corrected chi connectivity index (χ3v) is 6.87. The van der Waals surface area contributed by atoms with Gasteiger partial charge in [0, 0.05) is 18.2 Å². The van der Waals surface area contributed by atoms with Crippen molar-refractivity contribution in [1.82, 2.24) is 10.6 Å². The Labute approximate surface area is 182 Å². The van der Waals surface area contributed by atoms with Crippen LogP contribution in [0.1, 0.15) is 36.8 Å². The Morgan fingerprint density at radius 3 is 2.52 bits per heavy atom. The van der Waals surface area contributed by atoms with Crippen LogP contribution in [0.2, 0.25) is 0 Å². The first-order chi connectivity index (χ1) is 15.1. The van der Waals surface area contributed by atoms with E-state index in [4.69, 9.17) is 0 Å². The van der Waals surface area contributed by atoms with Gasteiger partial charge in [-0.2, -0.15) is 5.26 Å². The van der Waals surface area contributed by atoms with E-state index >= 15 is 0 Å². The zero-order valence-corrected chi connectivity index (χ0v) is 17.4. The van der Waals surface area contributed by atoms with Crippen molar-refractivity contribution in [3.05, 3.63) is 53.6 Å². The second-order valence-electron chi connectivity index (χ2n) is 8.94. The smallest absolute Gasteiger partial charge is 0.238 e. The minimum atomic E-state index is -0.544. The molecule has 2 aromatic rings. The number of anilines is 1. The third-order valence-electron chi connectivity index (χ3n) is 6.87. The summed E-state index contributed by atoms with van der Waals surface area (Å²) in [5.74, 6) is 0.378. The van der Waals surface area contributed by atoms with Crippen molar-refractivity contribution in [2.24, 2.45) is 5.92 Å². The first-order valence-corrected chi connectivity index (χ1v) is 11.1. The van der Waals surface area contributed by atoms with E-state index in [0.717, 1.165) is 53.6 Å². The summed E-state index contributed by atoms with van der Waals surface area (Å²) in [5, 5.41) is 18.8. The van der Waals surface area contributed by atoms with E-state index in [-0.39, 0.29) is 17.9 Å². The highest BCUT2D eigenvalue weighted by molar-refractivity contribution is 5.99. The van der Waals surface area contributed by atoms with Gasteiger partial charge in [0.05, 0.1) is 18.5 Å². The summed E-state index contributed by atoms with van der Waals surface area (Å²) < 4.78 is 0. The van der Waals surface area contributed by atoms with E-state index in [1.54, 1.807) is 0 Å². The van der Waals surface area contributed by atoms with Gasteiger partial charge in [0.25, 0.3) is 0 Å². The molecule has 2 amide bonds. The largest absolute Gasteiger partial charge is 0.339 e. The average Bonchev–Trinajstić information content (AvgIpc) is 3.19. The maximum atomic E-state index is 12.7. The second-order valence-corrected chi connectivity index (χ2v) is 8.94. The molecule has 0 radical (unpaired) electrons. The lowest BCUT2D eigenvalue weighted by Crippen LogP contribution is -2.59. The number of benzene rings is 2. The molecule has 0 spiro atoms. The second kappa shape index (κ2) is 8.16. The molecule has 4 aliphatic rings. The van der Waals surface area contributed by atoms with E-state index in [1.165, 1.54) is 0 Å². The first kappa shape index (κ1) is 19.8. The molecule has 0 unspecified atom stereocenters.